The van der Waals surface area contributed by atoms with Crippen molar-refractivity contribution in [1.82, 2.24) is 4.90 Å². The molecule has 1 aliphatic rings. The highest BCUT2D eigenvalue weighted by Gasteiger charge is 2.25. The Kier molecular flexibility index (Phi) is 4.94. The summed E-state index contributed by atoms with van der Waals surface area (Å²) in [6.07, 6.45) is 0.883. The molecule has 0 aromatic heterocycles. The molecule has 3 rings (SSSR count). The van der Waals surface area contributed by atoms with Crippen molar-refractivity contribution in [2.45, 2.75) is 12.8 Å². The molecule has 1 atom stereocenters. The third-order valence-electron chi connectivity index (χ3n) is 3.61. The Bertz CT molecular complexity index is 791. The van der Waals surface area contributed by atoms with Crippen LogP contribution in [0.2, 0.25) is 0 Å². The number of nitro groups is 1. The third-order valence-corrected chi connectivity index (χ3v) is 5.10. The topological polar surface area (TPSA) is 66.6 Å². The smallest absolute Gasteiger partial charge is 0.269 e. The van der Waals surface area contributed by atoms with Gasteiger partial charge in [0.25, 0.3) is 5.69 Å². The number of rotatable bonds is 4. The van der Waals surface area contributed by atoms with Gasteiger partial charge in [-0.1, -0.05) is 54.3 Å². The van der Waals surface area contributed by atoms with Crippen molar-refractivity contribution >= 4 is 38.9 Å². The van der Waals surface area contributed by atoms with Crippen molar-refractivity contribution in [2.24, 2.45) is 0 Å². The molecule has 122 valence electrons. The first kappa shape index (κ1) is 16.6. The maximum Gasteiger partial charge on any atom is 0.269 e. The molecule has 5 nitrogen and oxygen atoms in total. The quantitative estimate of drug-likeness (QED) is 0.510. The summed E-state index contributed by atoms with van der Waals surface area (Å²) >= 11 is 6.80. The highest BCUT2D eigenvalue weighted by atomic mass is 32.2. The highest BCUT2D eigenvalue weighted by molar-refractivity contribution is 8.29. The summed E-state index contributed by atoms with van der Waals surface area (Å²) in [4.78, 5) is 12.8. The fourth-order valence-corrected chi connectivity index (χ4v) is 3.72. The Hall–Kier alpha value is -2.22. The minimum absolute atomic E-state index is 0.0361. The molecule has 2 aromatic carbocycles. The summed E-state index contributed by atoms with van der Waals surface area (Å²) in [6.45, 7) is 0.526. The fourth-order valence-electron chi connectivity index (χ4n) is 2.36. The zero-order chi connectivity index (χ0) is 17.1. The first-order valence-electron chi connectivity index (χ1n) is 7.21. The maximum atomic E-state index is 10.7. The molecule has 0 amide bonds. The van der Waals surface area contributed by atoms with Gasteiger partial charge in [-0.05, 0) is 29.3 Å². The van der Waals surface area contributed by atoms with Crippen LogP contribution in [0.5, 0.6) is 0 Å². The van der Waals surface area contributed by atoms with E-state index in [0.29, 0.717) is 10.9 Å². The molecule has 1 N–H and O–H groups in total. The summed E-state index contributed by atoms with van der Waals surface area (Å²) < 4.78 is 0.571. The lowest BCUT2D eigenvalue weighted by molar-refractivity contribution is -0.384. The number of benzene rings is 2. The lowest BCUT2D eigenvalue weighted by atomic mass is 10.1. The first-order valence-corrected chi connectivity index (χ1v) is 8.44. The van der Waals surface area contributed by atoms with E-state index in [9.17, 15) is 15.2 Å². The van der Waals surface area contributed by atoms with Gasteiger partial charge >= 0.3 is 0 Å². The van der Waals surface area contributed by atoms with Crippen molar-refractivity contribution in [2.75, 3.05) is 0 Å². The largest absolute Gasteiger partial charge is 0.370 e. The van der Waals surface area contributed by atoms with Crippen LogP contribution in [0.15, 0.2) is 60.7 Å². The molecular formula is C17H14N2O3S2. The molecule has 0 fully saturated rings. The number of aliphatic hydroxyl groups excluding tert-OH is 1. The van der Waals surface area contributed by atoms with Gasteiger partial charge in [-0.2, -0.15) is 0 Å². The van der Waals surface area contributed by atoms with Gasteiger partial charge in [0.05, 0.1) is 4.92 Å². The van der Waals surface area contributed by atoms with E-state index in [1.54, 1.807) is 23.1 Å². The Balaban J connectivity index is 1.79. The standard InChI is InChI=1S/C17H14N2O3S2/c20-16-10-15(13-6-8-14(9-7-13)19(21)22)24-17(23)18(16)11-12-4-2-1-3-5-12/h1-10,16,20H,11H2. The van der Waals surface area contributed by atoms with E-state index in [1.807, 2.05) is 30.3 Å². The van der Waals surface area contributed by atoms with Gasteiger partial charge in [-0.3, -0.25) is 10.1 Å². The van der Waals surface area contributed by atoms with Crippen LogP contribution in [0, 0.1) is 10.1 Å². The molecule has 1 aliphatic heterocycles. The van der Waals surface area contributed by atoms with Crippen LogP contribution in [-0.4, -0.2) is 25.5 Å². The van der Waals surface area contributed by atoms with Crippen LogP contribution in [-0.2, 0) is 6.54 Å². The minimum Gasteiger partial charge on any atom is -0.370 e. The van der Waals surface area contributed by atoms with E-state index in [0.717, 1.165) is 16.0 Å². The number of hydrogen-bond acceptors (Lipinski definition) is 5. The first-order chi connectivity index (χ1) is 11.5. The molecule has 7 heteroatoms. The molecule has 0 aliphatic carbocycles. The van der Waals surface area contributed by atoms with Crippen LogP contribution in [0.1, 0.15) is 11.1 Å². The lowest BCUT2D eigenvalue weighted by Gasteiger charge is -2.32. The van der Waals surface area contributed by atoms with Gasteiger partial charge in [0.2, 0.25) is 0 Å². The number of thiocarbonyl (C=S) groups is 1. The maximum absolute atomic E-state index is 10.7. The van der Waals surface area contributed by atoms with Gasteiger partial charge in [0.1, 0.15) is 10.5 Å². The van der Waals surface area contributed by atoms with Gasteiger partial charge in [-0.15, -0.1) is 0 Å². The van der Waals surface area contributed by atoms with Crippen LogP contribution in [0.25, 0.3) is 4.91 Å². The van der Waals surface area contributed by atoms with Crippen LogP contribution >= 0.6 is 24.0 Å². The molecule has 2 aromatic rings. The number of aliphatic hydroxyl groups is 1. The van der Waals surface area contributed by atoms with Crippen molar-refractivity contribution in [3.05, 3.63) is 81.9 Å². The van der Waals surface area contributed by atoms with Crippen molar-refractivity contribution in [1.29, 1.82) is 0 Å². The number of hydrogen-bond donors (Lipinski definition) is 1. The number of thioether (sulfide) groups is 1. The Morgan fingerprint density at radius 1 is 1.17 bits per heavy atom. The second-order valence-electron chi connectivity index (χ2n) is 5.23. The monoisotopic (exact) mass is 358 g/mol. The molecular weight excluding hydrogens is 344 g/mol. The SMILES string of the molecule is O=[N+]([O-])c1ccc(C2=CC(O)N(Cc3ccccc3)C(=S)S2)cc1. The Labute approximate surface area is 148 Å². The number of nitro benzene ring substituents is 1. The zero-order valence-corrected chi connectivity index (χ0v) is 14.2. The fraction of sp³-hybridized carbons (Fsp3) is 0.118. The minimum atomic E-state index is -0.829. The summed E-state index contributed by atoms with van der Waals surface area (Å²) in [5.41, 5.74) is 1.90. The summed E-state index contributed by atoms with van der Waals surface area (Å²) in [5, 5.41) is 21.1. The zero-order valence-electron chi connectivity index (χ0n) is 12.5. The predicted octanol–water partition coefficient (Wildman–Crippen LogP) is 3.79. The van der Waals surface area contributed by atoms with Gasteiger partial charge in [-0.25, -0.2) is 0 Å². The van der Waals surface area contributed by atoms with E-state index in [4.69, 9.17) is 12.2 Å². The average Bonchev–Trinajstić information content (AvgIpc) is 2.59. The van der Waals surface area contributed by atoms with E-state index < -0.39 is 11.2 Å². The summed E-state index contributed by atoms with van der Waals surface area (Å²) in [7, 11) is 0. The highest BCUT2D eigenvalue weighted by Crippen LogP contribution is 2.36. The van der Waals surface area contributed by atoms with E-state index in [-0.39, 0.29) is 5.69 Å². The Morgan fingerprint density at radius 3 is 2.42 bits per heavy atom. The van der Waals surface area contributed by atoms with Crippen molar-refractivity contribution in [3.8, 4) is 0 Å². The van der Waals surface area contributed by atoms with E-state index in [1.165, 1.54) is 23.9 Å². The number of nitrogens with zero attached hydrogens (tertiary/aromatic N) is 2. The third kappa shape index (κ3) is 3.64. The molecule has 1 unspecified atom stereocenters. The second-order valence-corrected chi connectivity index (χ2v) is 6.91. The molecule has 0 saturated carbocycles. The molecule has 0 spiro atoms. The lowest BCUT2D eigenvalue weighted by Crippen LogP contribution is -2.38. The molecule has 1 heterocycles. The summed E-state index contributed by atoms with van der Waals surface area (Å²) in [5.74, 6) is 0. The van der Waals surface area contributed by atoms with Crippen LogP contribution in [0.4, 0.5) is 5.69 Å². The summed E-state index contributed by atoms with van der Waals surface area (Å²) in [6, 6.07) is 16.0. The van der Waals surface area contributed by atoms with Gasteiger partial charge in [0, 0.05) is 23.6 Å². The molecule has 0 bridgehead atoms. The molecule has 24 heavy (non-hydrogen) atoms. The second kappa shape index (κ2) is 7.12. The van der Waals surface area contributed by atoms with Crippen molar-refractivity contribution < 1.29 is 10.0 Å². The normalized spacial score (nSPS) is 17.5. The average molecular weight is 358 g/mol. The van der Waals surface area contributed by atoms with E-state index in [2.05, 4.69) is 0 Å². The van der Waals surface area contributed by atoms with Gasteiger partial charge < -0.3 is 10.0 Å². The van der Waals surface area contributed by atoms with Gasteiger partial charge in [0.15, 0.2) is 0 Å². The Morgan fingerprint density at radius 2 is 1.83 bits per heavy atom. The number of non-ortho nitro benzene ring substituents is 1. The van der Waals surface area contributed by atoms with Crippen LogP contribution in [0.3, 0.4) is 0 Å². The van der Waals surface area contributed by atoms with Crippen LogP contribution < -0.4 is 0 Å². The predicted molar refractivity (Wildman–Crippen MR) is 99.3 cm³/mol. The molecule has 0 radical (unpaired) electrons. The molecule has 0 saturated heterocycles. The van der Waals surface area contributed by atoms with Crippen molar-refractivity contribution in [3.63, 3.8) is 0 Å². The van der Waals surface area contributed by atoms with E-state index >= 15 is 0 Å².